The molecule has 0 amide bonds. The van der Waals surface area contributed by atoms with E-state index >= 15 is 0 Å². The normalized spacial score (nSPS) is 12.6. The van der Waals surface area contributed by atoms with Gasteiger partial charge < -0.3 is 4.74 Å². The Morgan fingerprint density at radius 3 is 2.37 bits per heavy atom. The number of fused-ring (bicyclic) bond motifs is 1. The molecule has 0 N–H and O–H groups in total. The van der Waals surface area contributed by atoms with Gasteiger partial charge >= 0.3 is 0 Å². The summed E-state index contributed by atoms with van der Waals surface area (Å²) in [5.41, 5.74) is 3.05. The van der Waals surface area contributed by atoms with Crippen LogP contribution in [0.4, 0.5) is 0 Å². The van der Waals surface area contributed by atoms with Crippen LogP contribution in [0.5, 0.6) is 5.75 Å². The van der Waals surface area contributed by atoms with E-state index in [4.69, 9.17) is 4.74 Å². The summed E-state index contributed by atoms with van der Waals surface area (Å²) in [5.74, 6) is 1.41. The first kappa shape index (κ1) is 20.3. The summed E-state index contributed by atoms with van der Waals surface area (Å²) in [5, 5.41) is 4.45. The molecule has 4 aromatic rings. The number of ether oxygens (including phenoxy) is 1. The predicted molar refractivity (Wildman–Crippen MR) is 122 cm³/mol. The fraction of sp³-hybridized carbons (Fsp3) is 0.292. The van der Waals surface area contributed by atoms with Crippen molar-refractivity contribution in [1.29, 1.82) is 0 Å². The molecule has 154 valence electrons. The Balaban J connectivity index is 1.62. The molecular formula is C24H25N3O2S. The SMILES string of the molecule is CCCOc1ccc(/C=c2\sc3nc(-c4ccc(C(C)(C)C)cc4)nn3c2=O)cc1. The van der Waals surface area contributed by atoms with Crippen molar-refractivity contribution in [1.82, 2.24) is 14.6 Å². The van der Waals surface area contributed by atoms with Crippen LogP contribution >= 0.6 is 11.3 Å². The van der Waals surface area contributed by atoms with Crippen LogP contribution in [0.25, 0.3) is 22.4 Å². The molecular weight excluding hydrogens is 394 g/mol. The Kier molecular flexibility index (Phi) is 5.43. The Hall–Kier alpha value is -2.99. The van der Waals surface area contributed by atoms with Crippen LogP contribution in [-0.2, 0) is 5.41 Å². The summed E-state index contributed by atoms with van der Waals surface area (Å²) in [4.78, 5) is 18.0. The minimum Gasteiger partial charge on any atom is -0.494 e. The summed E-state index contributed by atoms with van der Waals surface area (Å²) < 4.78 is 7.61. The predicted octanol–water partition coefficient (Wildman–Crippen LogP) is 4.45. The van der Waals surface area contributed by atoms with E-state index in [1.807, 2.05) is 42.5 Å². The first-order valence-corrected chi connectivity index (χ1v) is 10.9. The number of hydrogen-bond acceptors (Lipinski definition) is 5. The van der Waals surface area contributed by atoms with Gasteiger partial charge in [-0.3, -0.25) is 4.79 Å². The highest BCUT2D eigenvalue weighted by molar-refractivity contribution is 7.15. The van der Waals surface area contributed by atoms with Gasteiger partial charge in [0.15, 0.2) is 5.82 Å². The summed E-state index contributed by atoms with van der Waals surface area (Å²) in [6.45, 7) is 9.31. The van der Waals surface area contributed by atoms with E-state index in [2.05, 4.69) is 49.9 Å². The van der Waals surface area contributed by atoms with Gasteiger partial charge in [0.05, 0.1) is 11.1 Å². The average molecular weight is 420 g/mol. The van der Waals surface area contributed by atoms with Gasteiger partial charge in [-0.15, -0.1) is 5.10 Å². The third-order valence-corrected chi connectivity index (χ3v) is 5.80. The number of hydrogen-bond donors (Lipinski definition) is 0. The second kappa shape index (κ2) is 8.03. The Morgan fingerprint density at radius 1 is 1.07 bits per heavy atom. The number of rotatable bonds is 5. The molecule has 2 aromatic heterocycles. The highest BCUT2D eigenvalue weighted by atomic mass is 32.1. The molecule has 2 heterocycles. The molecule has 4 rings (SSSR count). The largest absolute Gasteiger partial charge is 0.494 e. The standard InChI is InChI=1S/C24H25N3O2S/c1-5-14-29-19-12-6-16(7-13-19)15-20-22(28)27-23(30-20)25-21(26-27)17-8-10-18(11-9-17)24(2,3)4/h6-13,15H,5,14H2,1-4H3/b20-15-. The lowest BCUT2D eigenvalue weighted by atomic mass is 9.87. The number of nitrogens with zero attached hydrogens (tertiary/aromatic N) is 3. The van der Waals surface area contributed by atoms with Gasteiger partial charge in [0.1, 0.15) is 5.75 Å². The minimum absolute atomic E-state index is 0.0910. The van der Waals surface area contributed by atoms with Gasteiger partial charge in [-0.1, -0.05) is 75.4 Å². The quantitative estimate of drug-likeness (QED) is 0.479. The van der Waals surface area contributed by atoms with Crippen molar-refractivity contribution in [3.63, 3.8) is 0 Å². The number of thiazole rings is 1. The smallest absolute Gasteiger partial charge is 0.291 e. The van der Waals surface area contributed by atoms with Crippen LogP contribution in [-0.4, -0.2) is 21.2 Å². The van der Waals surface area contributed by atoms with E-state index in [1.165, 1.54) is 21.4 Å². The van der Waals surface area contributed by atoms with Crippen molar-refractivity contribution in [2.24, 2.45) is 0 Å². The zero-order valence-electron chi connectivity index (χ0n) is 17.7. The minimum atomic E-state index is -0.147. The van der Waals surface area contributed by atoms with Crippen molar-refractivity contribution in [2.75, 3.05) is 6.61 Å². The zero-order valence-corrected chi connectivity index (χ0v) is 18.5. The van der Waals surface area contributed by atoms with Gasteiger partial charge in [-0.2, -0.15) is 9.50 Å². The second-order valence-corrected chi connectivity index (χ2v) is 9.30. The van der Waals surface area contributed by atoms with Crippen molar-refractivity contribution < 1.29 is 4.74 Å². The monoisotopic (exact) mass is 419 g/mol. The van der Waals surface area contributed by atoms with E-state index in [0.29, 0.717) is 21.9 Å². The lowest BCUT2D eigenvalue weighted by Crippen LogP contribution is -2.23. The van der Waals surface area contributed by atoms with E-state index in [-0.39, 0.29) is 11.0 Å². The first-order valence-electron chi connectivity index (χ1n) is 10.1. The van der Waals surface area contributed by atoms with Crippen molar-refractivity contribution >= 4 is 22.4 Å². The van der Waals surface area contributed by atoms with Gasteiger partial charge in [0, 0.05) is 5.56 Å². The first-order chi connectivity index (χ1) is 14.3. The van der Waals surface area contributed by atoms with Gasteiger partial charge in [-0.05, 0) is 41.2 Å². The Bertz CT molecular complexity index is 1260. The van der Waals surface area contributed by atoms with Crippen LogP contribution in [0.2, 0.25) is 0 Å². The maximum atomic E-state index is 12.8. The molecule has 0 spiro atoms. The third-order valence-electron chi connectivity index (χ3n) is 4.84. The zero-order chi connectivity index (χ0) is 21.3. The lowest BCUT2D eigenvalue weighted by Gasteiger charge is -2.18. The molecule has 0 unspecified atom stereocenters. The van der Waals surface area contributed by atoms with Gasteiger partial charge in [0.25, 0.3) is 5.56 Å². The van der Waals surface area contributed by atoms with Crippen LogP contribution in [0.1, 0.15) is 45.2 Å². The van der Waals surface area contributed by atoms with Gasteiger partial charge in [-0.25, -0.2) is 0 Å². The van der Waals surface area contributed by atoms with Crippen LogP contribution in [0.15, 0.2) is 53.3 Å². The lowest BCUT2D eigenvalue weighted by molar-refractivity contribution is 0.317. The highest BCUT2D eigenvalue weighted by Crippen LogP contribution is 2.25. The molecule has 0 aliphatic rings. The molecule has 0 atom stereocenters. The fourth-order valence-corrected chi connectivity index (χ4v) is 4.01. The van der Waals surface area contributed by atoms with E-state index in [0.717, 1.165) is 23.3 Å². The highest BCUT2D eigenvalue weighted by Gasteiger charge is 2.15. The van der Waals surface area contributed by atoms with Crippen LogP contribution in [0.3, 0.4) is 0 Å². The number of aromatic nitrogens is 3. The van der Waals surface area contributed by atoms with Crippen LogP contribution in [0, 0.1) is 0 Å². The maximum Gasteiger partial charge on any atom is 0.291 e. The molecule has 0 aliphatic carbocycles. The van der Waals surface area contributed by atoms with Crippen molar-refractivity contribution in [3.05, 3.63) is 74.5 Å². The molecule has 0 bridgehead atoms. The summed E-state index contributed by atoms with van der Waals surface area (Å²) in [6.07, 6.45) is 2.84. The molecule has 0 saturated carbocycles. The molecule has 0 saturated heterocycles. The van der Waals surface area contributed by atoms with E-state index in [1.54, 1.807) is 0 Å². The number of benzene rings is 2. The molecule has 5 nitrogen and oxygen atoms in total. The van der Waals surface area contributed by atoms with Crippen LogP contribution < -0.4 is 14.8 Å². The Morgan fingerprint density at radius 2 is 1.77 bits per heavy atom. The second-order valence-electron chi connectivity index (χ2n) is 8.29. The molecule has 30 heavy (non-hydrogen) atoms. The Labute approximate surface area is 179 Å². The van der Waals surface area contributed by atoms with Crippen molar-refractivity contribution in [3.8, 4) is 17.1 Å². The average Bonchev–Trinajstić information content (AvgIpc) is 3.27. The molecule has 0 fully saturated rings. The van der Waals surface area contributed by atoms with Gasteiger partial charge in [0.2, 0.25) is 4.96 Å². The molecule has 2 aromatic carbocycles. The van der Waals surface area contributed by atoms with E-state index < -0.39 is 0 Å². The summed E-state index contributed by atoms with van der Waals surface area (Å²) in [6, 6.07) is 15.9. The fourth-order valence-electron chi connectivity index (χ4n) is 3.11. The van der Waals surface area contributed by atoms with Crippen molar-refractivity contribution in [2.45, 2.75) is 39.5 Å². The maximum absolute atomic E-state index is 12.8. The molecule has 0 radical (unpaired) electrons. The van der Waals surface area contributed by atoms with E-state index in [9.17, 15) is 4.79 Å². The molecule has 6 heteroatoms. The molecule has 0 aliphatic heterocycles. The third kappa shape index (κ3) is 4.14. The summed E-state index contributed by atoms with van der Waals surface area (Å²) >= 11 is 1.35. The summed E-state index contributed by atoms with van der Waals surface area (Å²) in [7, 11) is 0. The topological polar surface area (TPSA) is 56.5 Å².